The Hall–Kier alpha value is -3.81. The van der Waals surface area contributed by atoms with E-state index in [1.54, 1.807) is 30.7 Å². The number of hydrogen-bond acceptors (Lipinski definition) is 5. The Morgan fingerprint density at radius 3 is 2.58 bits per heavy atom. The van der Waals surface area contributed by atoms with E-state index >= 15 is 0 Å². The van der Waals surface area contributed by atoms with E-state index in [0.717, 1.165) is 28.0 Å². The van der Waals surface area contributed by atoms with E-state index in [9.17, 15) is 9.90 Å². The van der Waals surface area contributed by atoms with Gasteiger partial charge >= 0.3 is 5.97 Å². The van der Waals surface area contributed by atoms with Crippen LogP contribution in [0.5, 0.6) is 0 Å². The van der Waals surface area contributed by atoms with Crippen LogP contribution in [-0.4, -0.2) is 43.8 Å². The lowest BCUT2D eigenvalue weighted by Gasteiger charge is -2.26. The van der Waals surface area contributed by atoms with E-state index in [4.69, 9.17) is 21.3 Å². The van der Waals surface area contributed by atoms with Crippen molar-refractivity contribution in [2.24, 2.45) is 0 Å². The molecule has 1 fully saturated rings. The molecule has 0 saturated carbocycles. The first-order valence-electron chi connectivity index (χ1n) is 10.4. The first kappa shape index (κ1) is 19.8. The second kappa shape index (κ2) is 7.65. The molecule has 0 unspecified atom stereocenters. The van der Waals surface area contributed by atoms with Gasteiger partial charge in [0.25, 0.3) is 0 Å². The molecule has 3 aromatic heterocycles. The lowest BCUT2D eigenvalue weighted by atomic mass is 10.0. The van der Waals surface area contributed by atoms with E-state index < -0.39 is 5.97 Å². The van der Waals surface area contributed by atoms with Crippen LogP contribution in [0.3, 0.4) is 0 Å². The molecule has 0 bridgehead atoms. The number of imidazole rings is 1. The highest BCUT2D eigenvalue weighted by molar-refractivity contribution is 6.35. The van der Waals surface area contributed by atoms with Crippen molar-refractivity contribution in [2.75, 3.05) is 13.2 Å². The van der Waals surface area contributed by atoms with Crippen LogP contribution in [0.2, 0.25) is 5.02 Å². The summed E-state index contributed by atoms with van der Waals surface area (Å²) >= 11 is 6.43. The van der Waals surface area contributed by atoms with Gasteiger partial charge in [-0.05, 0) is 47.5 Å². The number of para-hydroxylation sites is 1. The zero-order chi connectivity index (χ0) is 22.5. The average Bonchev–Trinajstić information content (AvgIpc) is 3.16. The molecule has 0 aliphatic carbocycles. The Morgan fingerprint density at radius 2 is 1.85 bits per heavy atom. The van der Waals surface area contributed by atoms with Crippen LogP contribution >= 0.6 is 11.6 Å². The van der Waals surface area contributed by atoms with E-state index in [2.05, 4.69) is 9.97 Å². The van der Waals surface area contributed by atoms with Crippen LogP contribution < -0.4 is 0 Å². The Morgan fingerprint density at radius 1 is 1.03 bits per heavy atom. The second-order valence-electron chi connectivity index (χ2n) is 7.94. The van der Waals surface area contributed by atoms with Gasteiger partial charge in [-0.3, -0.25) is 14.5 Å². The minimum Gasteiger partial charge on any atom is -0.478 e. The average molecular weight is 457 g/mol. The van der Waals surface area contributed by atoms with E-state index in [1.807, 2.05) is 41.0 Å². The first-order chi connectivity index (χ1) is 16.1. The number of benzene rings is 2. The number of nitrogens with zero attached hydrogens (tertiary/aromatic N) is 4. The quantitative estimate of drug-likeness (QED) is 0.404. The summed E-state index contributed by atoms with van der Waals surface area (Å²) in [7, 11) is 0. The molecule has 0 amide bonds. The van der Waals surface area contributed by atoms with Gasteiger partial charge in [-0.25, -0.2) is 9.78 Å². The number of halogens is 1. The third kappa shape index (κ3) is 3.16. The van der Waals surface area contributed by atoms with Crippen molar-refractivity contribution >= 4 is 39.5 Å². The molecule has 8 heteroatoms. The van der Waals surface area contributed by atoms with Crippen LogP contribution in [0, 0.1) is 0 Å². The van der Waals surface area contributed by atoms with Gasteiger partial charge in [0.1, 0.15) is 11.3 Å². The summed E-state index contributed by atoms with van der Waals surface area (Å²) in [5.74, 6) is -0.205. The molecule has 1 N–H and O–H groups in total. The van der Waals surface area contributed by atoms with Gasteiger partial charge < -0.3 is 9.84 Å². The first-order valence-corrected chi connectivity index (χ1v) is 10.8. The van der Waals surface area contributed by atoms with Gasteiger partial charge in [0, 0.05) is 24.0 Å². The zero-order valence-corrected chi connectivity index (χ0v) is 18.0. The molecule has 162 valence electrons. The molecule has 0 radical (unpaired) electrons. The lowest BCUT2D eigenvalue weighted by molar-refractivity contribution is 0.00449. The fourth-order valence-electron chi connectivity index (χ4n) is 4.30. The number of fused-ring (bicyclic) bond motifs is 2. The van der Waals surface area contributed by atoms with Crippen molar-refractivity contribution in [2.45, 2.75) is 5.92 Å². The molecule has 1 aliphatic heterocycles. The minimum atomic E-state index is -1.03. The number of aromatic nitrogens is 4. The Balaban J connectivity index is 1.73. The summed E-state index contributed by atoms with van der Waals surface area (Å²) in [5.41, 5.74) is 4.46. The fourth-order valence-corrected chi connectivity index (χ4v) is 4.52. The highest BCUT2D eigenvalue weighted by atomic mass is 35.5. The van der Waals surface area contributed by atoms with Crippen LogP contribution in [0.25, 0.3) is 38.8 Å². The fraction of sp³-hybridized carbons (Fsp3) is 0.120. The van der Waals surface area contributed by atoms with E-state index in [1.165, 1.54) is 0 Å². The molecule has 1 saturated heterocycles. The van der Waals surface area contributed by atoms with Gasteiger partial charge in [-0.2, -0.15) is 0 Å². The third-order valence-electron chi connectivity index (χ3n) is 5.97. The van der Waals surface area contributed by atoms with Crippen LogP contribution in [0.15, 0.2) is 67.1 Å². The molecule has 1 aliphatic rings. The largest absolute Gasteiger partial charge is 0.478 e. The second-order valence-corrected chi connectivity index (χ2v) is 8.35. The number of carbonyl (C=O) groups is 1. The maximum atomic E-state index is 12.3. The van der Waals surface area contributed by atoms with Crippen molar-refractivity contribution in [3.8, 4) is 16.8 Å². The molecule has 2 aromatic carbocycles. The molecular weight excluding hydrogens is 440 g/mol. The summed E-state index contributed by atoms with van der Waals surface area (Å²) in [6.45, 7) is 1.07. The van der Waals surface area contributed by atoms with Gasteiger partial charge in [0.15, 0.2) is 0 Å². The molecule has 0 atom stereocenters. The minimum absolute atomic E-state index is 0.0609. The zero-order valence-electron chi connectivity index (χ0n) is 17.3. The standard InChI is InChI=1S/C25H17ClN4O3/c26-19-3-1-2-17-20(6-9-28-22(17)19)30-21-11-15(14-4-7-27-8-5-14)10-18(25(31)32)23(21)29-24(30)16-12-33-13-16/h1-11,16H,12-13H2,(H,31,32). The van der Waals surface area contributed by atoms with Crippen LogP contribution in [0.4, 0.5) is 0 Å². The van der Waals surface area contributed by atoms with Gasteiger partial charge in [-0.15, -0.1) is 0 Å². The van der Waals surface area contributed by atoms with Gasteiger partial charge in [-0.1, -0.05) is 23.7 Å². The van der Waals surface area contributed by atoms with E-state index in [-0.39, 0.29) is 11.5 Å². The highest BCUT2D eigenvalue weighted by Crippen LogP contribution is 2.37. The number of pyridine rings is 2. The normalized spacial score (nSPS) is 14.0. The summed E-state index contributed by atoms with van der Waals surface area (Å²) in [5, 5.41) is 11.4. The monoisotopic (exact) mass is 456 g/mol. The van der Waals surface area contributed by atoms with Crippen molar-refractivity contribution in [1.29, 1.82) is 0 Å². The highest BCUT2D eigenvalue weighted by Gasteiger charge is 2.30. The van der Waals surface area contributed by atoms with Crippen molar-refractivity contribution in [3.63, 3.8) is 0 Å². The Labute approximate surface area is 193 Å². The number of carboxylic acids is 1. The molecule has 4 heterocycles. The summed E-state index contributed by atoms with van der Waals surface area (Å²) in [6.07, 6.45) is 5.08. The van der Waals surface area contributed by atoms with Gasteiger partial charge in [0.05, 0.1) is 46.4 Å². The number of carboxylic acid groups (broad SMARTS) is 1. The van der Waals surface area contributed by atoms with Crippen molar-refractivity contribution < 1.29 is 14.6 Å². The molecule has 33 heavy (non-hydrogen) atoms. The number of aromatic carboxylic acids is 1. The third-order valence-corrected chi connectivity index (χ3v) is 6.28. The maximum absolute atomic E-state index is 12.3. The predicted molar refractivity (Wildman–Crippen MR) is 125 cm³/mol. The summed E-state index contributed by atoms with van der Waals surface area (Å²) in [4.78, 5) is 25.6. The molecule has 5 aromatic rings. The Bertz CT molecular complexity index is 1540. The Kier molecular flexibility index (Phi) is 4.60. The number of rotatable bonds is 4. The molecule has 0 spiro atoms. The van der Waals surface area contributed by atoms with Crippen LogP contribution in [-0.2, 0) is 4.74 Å². The maximum Gasteiger partial charge on any atom is 0.337 e. The van der Waals surface area contributed by atoms with E-state index in [0.29, 0.717) is 34.8 Å². The molecular formula is C25H17ClN4O3. The van der Waals surface area contributed by atoms with Crippen molar-refractivity contribution in [3.05, 3.63) is 83.5 Å². The topological polar surface area (TPSA) is 90.1 Å². The van der Waals surface area contributed by atoms with Crippen LogP contribution in [0.1, 0.15) is 22.1 Å². The predicted octanol–water partition coefficient (Wildman–Crippen LogP) is 5.10. The number of hydrogen-bond donors (Lipinski definition) is 1. The molecule has 7 nitrogen and oxygen atoms in total. The lowest BCUT2D eigenvalue weighted by Crippen LogP contribution is -2.28. The molecule has 6 rings (SSSR count). The number of ether oxygens (including phenoxy) is 1. The van der Waals surface area contributed by atoms with Crippen molar-refractivity contribution in [1.82, 2.24) is 19.5 Å². The summed E-state index contributed by atoms with van der Waals surface area (Å²) in [6, 6.07) is 14.9. The van der Waals surface area contributed by atoms with Gasteiger partial charge in [0.2, 0.25) is 0 Å². The summed E-state index contributed by atoms with van der Waals surface area (Å²) < 4.78 is 7.47. The SMILES string of the molecule is O=C(O)c1cc(-c2ccncc2)cc2c1nc(C1COC1)n2-c1ccnc2c(Cl)cccc12. The smallest absolute Gasteiger partial charge is 0.337 e.